The van der Waals surface area contributed by atoms with Crippen LogP contribution in [0.3, 0.4) is 0 Å². The van der Waals surface area contributed by atoms with Crippen molar-refractivity contribution in [2.75, 3.05) is 12.4 Å². The first-order chi connectivity index (χ1) is 9.88. The van der Waals surface area contributed by atoms with Crippen molar-refractivity contribution >= 4 is 35.1 Å². The van der Waals surface area contributed by atoms with Crippen LogP contribution in [0, 0.1) is 0 Å². The van der Waals surface area contributed by atoms with Crippen LogP contribution in [-0.4, -0.2) is 30.9 Å². The van der Waals surface area contributed by atoms with Crippen molar-refractivity contribution in [3.8, 4) is 0 Å². The Bertz CT molecular complexity index is 560. The zero-order valence-corrected chi connectivity index (χ0v) is 12.8. The van der Waals surface area contributed by atoms with Crippen molar-refractivity contribution in [2.45, 2.75) is 26.3 Å². The fraction of sp³-hybridized carbons (Fsp3) is 0.357. The number of hydrogen-bond donors (Lipinski definition) is 2. The summed E-state index contributed by atoms with van der Waals surface area (Å²) < 4.78 is 4.58. The third-order valence-electron chi connectivity index (χ3n) is 2.83. The second-order valence-electron chi connectivity index (χ2n) is 4.42. The molecule has 0 bridgehead atoms. The second-order valence-corrected chi connectivity index (χ2v) is 4.83. The number of carbonyl (C=O) groups excluding carboxylic acids is 3. The molecule has 1 unspecified atom stereocenters. The third-order valence-corrected chi connectivity index (χ3v) is 3.16. The van der Waals surface area contributed by atoms with E-state index in [1.807, 2.05) is 6.92 Å². The highest BCUT2D eigenvalue weighted by Crippen LogP contribution is 2.23. The van der Waals surface area contributed by atoms with Gasteiger partial charge < -0.3 is 15.4 Å². The van der Waals surface area contributed by atoms with E-state index in [4.69, 9.17) is 11.6 Å². The minimum absolute atomic E-state index is 0.111. The molecule has 1 aromatic rings. The highest BCUT2D eigenvalue weighted by atomic mass is 35.5. The maximum atomic E-state index is 11.8. The SMILES string of the molecule is CCC(C)NC(=O)C(=O)Nc1cc(C(=O)OC)ccc1Cl. The lowest BCUT2D eigenvalue weighted by molar-refractivity contribution is -0.136. The van der Waals surface area contributed by atoms with Crippen LogP contribution in [0.1, 0.15) is 30.6 Å². The molecule has 0 fully saturated rings. The zero-order valence-electron chi connectivity index (χ0n) is 12.0. The molecular weight excluding hydrogens is 296 g/mol. The van der Waals surface area contributed by atoms with E-state index in [2.05, 4.69) is 15.4 Å². The lowest BCUT2D eigenvalue weighted by Crippen LogP contribution is -2.40. The number of hydrogen-bond acceptors (Lipinski definition) is 4. The molecule has 1 atom stereocenters. The van der Waals surface area contributed by atoms with Crippen LogP contribution >= 0.6 is 11.6 Å². The Morgan fingerprint density at radius 2 is 1.95 bits per heavy atom. The summed E-state index contributed by atoms with van der Waals surface area (Å²) in [4.78, 5) is 34.8. The molecule has 0 aliphatic carbocycles. The molecule has 1 rings (SSSR count). The van der Waals surface area contributed by atoms with Crippen LogP contribution < -0.4 is 10.6 Å². The lowest BCUT2D eigenvalue weighted by Gasteiger charge is -2.12. The number of ether oxygens (including phenoxy) is 1. The van der Waals surface area contributed by atoms with Crippen LogP contribution in [0.15, 0.2) is 18.2 Å². The topological polar surface area (TPSA) is 84.5 Å². The standard InChI is InChI=1S/C14H17ClN2O4/c1-4-8(2)16-12(18)13(19)17-11-7-9(14(20)21-3)5-6-10(11)15/h5-8H,4H2,1-3H3,(H,16,18)(H,17,19). The largest absolute Gasteiger partial charge is 0.465 e. The number of anilines is 1. The molecule has 0 aromatic heterocycles. The molecule has 2 amide bonds. The Balaban J connectivity index is 2.84. The molecule has 0 aliphatic heterocycles. The summed E-state index contributed by atoms with van der Waals surface area (Å²) in [7, 11) is 1.24. The minimum Gasteiger partial charge on any atom is -0.465 e. The first-order valence-corrected chi connectivity index (χ1v) is 6.76. The molecule has 0 heterocycles. The van der Waals surface area contributed by atoms with Crippen molar-refractivity contribution < 1.29 is 19.1 Å². The van der Waals surface area contributed by atoms with E-state index in [0.29, 0.717) is 6.42 Å². The maximum Gasteiger partial charge on any atom is 0.337 e. The summed E-state index contributed by atoms with van der Waals surface area (Å²) in [6.45, 7) is 3.68. The highest BCUT2D eigenvalue weighted by Gasteiger charge is 2.17. The average molecular weight is 313 g/mol. The number of esters is 1. The van der Waals surface area contributed by atoms with E-state index in [1.54, 1.807) is 6.92 Å². The Morgan fingerprint density at radius 1 is 1.29 bits per heavy atom. The van der Waals surface area contributed by atoms with Gasteiger partial charge in [-0.3, -0.25) is 9.59 Å². The number of benzene rings is 1. The number of carbonyl (C=O) groups is 3. The average Bonchev–Trinajstić information content (AvgIpc) is 2.48. The molecule has 2 N–H and O–H groups in total. The molecule has 0 saturated carbocycles. The molecule has 0 aliphatic rings. The molecule has 21 heavy (non-hydrogen) atoms. The molecular formula is C14H17ClN2O4. The van der Waals surface area contributed by atoms with E-state index in [-0.39, 0.29) is 22.3 Å². The summed E-state index contributed by atoms with van der Waals surface area (Å²) in [6, 6.07) is 4.14. The zero-order chi connectivity index (χ0) is 16.0. The van der Waals surface area contributed by atoms with Gasteiger partial charge in [-0.15, -0.1) is 0 Å². The van der Waals surface area contributed by atoms with Gasteiger partial charge in [0.25, 0.3) is 0 Å². The predicted octanol–water partition coefficient (Wildman–Crippen LogP) is 1.98. The Labute approximate surface area is 127 Å². The smallest absolute Gasteiger partial charge is 0.337 e. The van der Waals surface area contributed by atoms with Gasteiger partial charge in [0.15, 0.2) is 0 Å². The summed E-state index contributed by atoms with van der Waals surface area (Å²) in [5, 5.41) is 5.12. The van der Waals surface area contributed by atoms with Crippen LogP contribution in [0.4, 0.5) is 5.69 Å². The van der Waals surface area contributed by atoms with Gasteiger partial charge >= 0.3 is 17.8 Å². The number of rotatable bonds is 4. The summed E-state index contributed by atoms with van der Waals surface area (Å²) >= 11 is 5.93. The van der Waals surface area contributed by atoms with Crippen molar-refractivity contribution in [3.63, 3.8) is 0 Å². The van der Waals surface area contributed by atoms with Gasteiger partial charge in [-0.2, -0.15) is 0 Å². The predicted molar refractivity (Wildman–Crippen MR) is 79.3 cm³/mol. The van der Waals surface area contributed by atoms with Crippen LogP contribution in [0.25, 0.3) is 0 Å². The lowest BCUT2D eigenvalue weighted by atomic mass is 10.2. The monoisotopic (exact) mass is 312 g/mol. The first-order valence-electron chi connectivity index (χ1n) is 6.38. The number of methoxy groups -OCH3 is 1. The van der Waals surface area contributed by atoms with Crippen molar-refractivity contribution in [1.29, 1.82) is 0 Å². The molecule has 114 valence electrons. The minimum atomic E-state index is -0.848. The molecule has 7 heteroatoms. The molecule has 6 nitrogen and oxygen atoms in total. The molecule has 0 saturated heterocycles. The van der Waals surface area contributed by atoms with Crippen LogP contribution in [0.5, 0.6) is 0 Å². The molecule has 1 aromatic carbocycles. The van der Waals surface area contributed by atoms with Gasteiger partial charge in [0.05, 0.1) is 23.4 Å². The summed E-state index contributed by atoms with van der Waals surface area (Å²) in [6.07, 6.45) is 0.706. The maximum absolute atomic E-state index is 11.8. The fourth-order valence-electron chi connectivity index (χ4n) is 1.44. The number of amides is 2. The van der Waals surface area contributed by atoms with Gasteiger partial charge in [0.1, 0.15) is 0 Å². The van der Waals surface area contributed by atoms with Gasteiger partial charge in [-0.1, -0.05) is 18.5 Å². The first kappa shape index (κ1) is 17.0. The Morgan fingerprint density at radius 3 is 2.52 bits per heavy atom. The van der Waals surface area contributed by atoms with Crippen LogP contribution in [-0.2, 0) is 14.3 Å². The van der Waals surface area contributed by atoms with Gasteiger partial charge in [0.2, 0.25) is 0 Å². The second kappa shape index (κ2) is 7.64. The van der Waals surface area contributed by atoms with E-state index in [9.17, 15) is 14.4 Å². The number of halogens is 1. The Hall–Kier alpha value is -2.08. The van der Waals surface area contributed by atoms with E-state index in [1.165, 1.54) is 25.3 Å². The number of nitrogens with one attached hydrogen (secondary N) is 2. The van der Waals surface area contributed by atoms with Gasteiger partial charge in [0, 0.05) is 6.04 Å². The molecule has 0 radical (unpaired) electrons. The van der Waals surface area contributed by atoms with E-state index < -0.39 is 17.8 Å². The van der Waals surface area contributed by atoms with Crippen LogP contribution in [0.2, 0.25) is 5.02 Å². The van der Waals surface area contributed by atoms with Crippen molar-refractivity contribution in [3.05, 3.63) is 28.8 Å². The van der Waals surface area contributed by atoms with Crippen molar-refractivity contribution in [2.24, 2.45) is 0 Å². The van der Waals surface area contributed by atoms with Gasteiger partial charge in [-0.25, -0.2) is 4.79 Å². The summed E-state index contributed by atoms with van der Waals surface area (Å²) in [5.41, 5.74) is 0.392. The highest BCUT2D eigenvalue weighted by molar-refractivity contribution is 6.41. The Kier molecular flexibility index (Phi) is 6.17. The van der Waals surface area contributed by atoms with E-state index in [0.717, 1.165) is 0 Å². The van der Waals surface area contributed by atoms with E-state index >= 15 is 0 Å². The third kappa shape index (κ3) is 4.75. The quantitative estimate of drug-likeness (QED) is 0.657. The van der Waals surface area contributed by atoms with Gasteiger partial charge in [-0.05, 0) is 31.5 Å². The fourth-order valence-corrected chi connectivity index (χ4v) is 1.60. The normalized spacial score (nSPS) is 11.4. The molecule has 0 spiro atoms. The van der Waals surface area contributed by atoms with Crippen molar-refractivity contribution in [1.82, 2.24) is 5.32 Å². The summed E-state index contributed by atoms with van der Waals surface area (Å²) in [5.74, 6) is -2.17.